The zero-order chi connectivity index (χ0) is 18.5. The first kappa shape index (κ1) is 20.5. The van der Waals surface area contributed by atoms with Crippen LogP contribution in [-0.2, 0) is 22.6 Å². The summed E-state index contributed by atoms with van der Waals surface area (Å²) in [6, 6.07) is 20.5. The van der Waals surface area contributed by atoms with E-state index in [4.69, 9.17) is 4.74 Å². The molecule has 0 aromatic heterocycles. The molecule has 2 aromatic carbocycles. The lowest BCUT2D eigenvalue weighted by atomic mass is 10.1. The number of carbonyl (C=O) groups is 1. The van der Waals surface area contributed by atoms with Gasteiger partial charge >= 0.3 is 5.97 Å². The highest BCUT2D eigenvalue weighted by molar-refractivity contribution is 5.82. The van der Waals surface area contributed by atoms with Gasteiger partial charge < -0.3 is 9.64 Å². The average Bonchev–Trinajstić information content (AvgIpc) is 2.65. The van der Waals surface area contributed by atoms with Gasteiger partial charge in [0.05, 0.1) is 6.61 Å². The Morgan fingerprint density at radius 1 is 0.920 bits per heavy atom. The van der Waals surface area contributed by atoms with Crippen LogP contribution in [0.25, 0.3) is 0 Å². The van der Waals surface area contributed by atoms with Crippen LogP contribution < -0.4 is 0 Å². The predicted molar refractivity (Wildman–Crippen MR) is 104 cm³/mol. The molecule has 0 aliphatic heterocycles. The van der Waals surface area contributed by atoms with Gasteiger partial charge in [0.25, 0.3) is 0 Å². The Kier molecular flexibility index (Phi) is 9.76. The van der Waals surface area contributed by atoms with Crippen LogP contribution in [0, 0.1) is 0 Å². The summed E-state index contributed by atoms with van der Waals surface area (Å²) < 4.78 is 5.02. The molecule has 0 spiro atoms. The zero-order valence-electron chi connectivity index (χ0n) is 15.7. The van der Waals surface area contributed by atoms with Crippen molar-refractivity contribution >= 4 is 5.97 Å². The monoisotopic (exact) mass is 339 g/mol. The number of carbonyl (C=O) groups excluding carboxylic acids is 1. The van der Waals surface area contributed by atoms with E-state index in [2.05, 4.69) is 29.2 Å². The molecule has 0 bridgehead atoms. The van der Waals surface area contributed by atoms with E-state index in [1.54, 1.807) is 6.08 Å². The lowest BCUT2D eigenvalue weighted by Crippen LogP contribution is -2.22. The number of esters is 1. The topological polar surface area (TPSA) is 29.5 Å². The maximum absolute atomic E-state index is 11.7. The van der Waals surface area contributed by atoms with Gasteiger partial charge in [0.1, 0.15) is 0 Å². The van der Waals surface area contributed by atoms with Crippen LogP contribution in [0.2, 0.25) is 0 Å². The summed E-state index contributed by atoms with van der Waals surface area (Å²) >= 11 is 0. The Hall–Kier alpha value is -2.55. The summed E-state index contributed by atoms with van der Waals surface area (Å²) in [7, 11) is 0. The maximum Gasteiger partial charge on any atom is 0.332 e. The van der Waals surface area contributed by atoms with E-state index >= 15 is 0 Å². The normalized spacial score (nSPS) is 10.5. The summed E-state index contributed by atoms with van der Waals surface area (Å²) in [5.74, 6) is -0.295. The van der Waals surface area contributed by atoms with Crippen LogP contribution in [0.5, 0.6) is 0 Å². The molecule has 3 heteroatoms. The van der Waals surface area contributed by atoms with Gasteiger partial charge in [-0.3, -0.25) is 0 Å². The largest absolute Gasteiger partial charge is 0.463 e. The van der Waals surface area contributed by atoms with E-state index in [1.165, 1.54) is 11.1 Å². The van der Waals surface area contributed by atoms with E-state index in [-0.39, 0.29) is 5.97 Å². The Bertz CT molecular complexity index is 594. The fourth-order valence-corrected chi connectivity index (χ4v) is 2.36. The van der Waals surface area contributed by atoms with Gasteiger partial charge in [0.15, 0.2) is 0 Å². The van der Waals surface area contributed by atoms with Crippen molar-refractivity contribution in [1.82, 2.24) is 4.90 Å². The number of allylic oxidation sites excluding steroid dienone is 1. The lowest BCUT2D eigenvalue weighted by molar-refractivity contribution is -0.137. The molecule has 0 N–H and O–H groups in total. The first-order chi connectivity index (χ1) is 12.2. The maximum atomic E-state index is 11.7. The van der Waals surface area contributed by atoms with Crippen molar-refractivity contribution in [1.29, 1.82) is 0 Å². The van der Waals surface area contributed by atoms with Crippen molar-refractivity contribution in [2.45, 2.75) is 40.8 Å². The molecule has 2 aromatic rings. The molecular weight excluding hydrogens is 310 g/mol. The molecule has 0 amide bonds. The molecule has 0 saturated heterocycles. The van der Waals surface area contributed by atoms with Crippen molar-refractivity contribution in [3.8, 4) is 0 Å². The van der Waals surface area contributed by atoms with Gasteiger partial charge in [-0.2, -0.15) is 0 Å². The van der Waals surface area contributed by atoms with Crippen molar-refractivity contribution in [3.05, 3.63) is 83.6 Å². The molecule has 0 aliphatic carbocycles. The highest BCUT2D eigenvalue weighted by atomic mass is 16.5. The molecule has 134 valence electrons. The van der Waals surface area contributed by atoms with Crippen molar-refractivity contribution in [3.63, 3.8) is 0 Å². The molecule has 3 nitrogen and oxygen atoms in total. The first-order valence-corrected chi connectivity index (χ1v) is 8.87. The highest BCUT2D eigenvalue weighted by Gasteiger charge is 2.10. The van der Waals surface area contributed by atoms with Crippen LogP contribution in [0.15, 0.2) is 72.4 Å². The summed E-state index contributed by atoms with van der Waals surface area (Å²) in [5, 5.41) is 0. The minimum absolute atomic E-state index is 0.295. The van der Waals surface area contributed by atoms with Crippen LogP contribution in [0.4, 0.5) is 0 Å². The second kappa shape index (κ2) is 11.9. The Morgan fingerprint density at radius 2 is 1.36 bits per heavy atom. The number of nitrogens with zero attached hydrogens (tertiary/aromatic N) is 1. The average molecular weight is 339 g/mol. The van der Waals surface area contributed by atoms with Gasteiger partial charge in [-0.15, -0.1) is 0 Å². The molecule has 0 radical (unpaired) electrons. The SMILES string of the molecule is CC.CCOC(=O)/C=C(/C)N(Cc1ccccc1)Cc1ccccc1. The van der Waals surface area contributed by atoms with Gasteiger partial charge in [-0.05, 0) is 25.0 Å². The molecule has 25 heavy (non-hydrogen) atoms. The Balaban J connectivity index is 0.00000151. The molecule has 0 saturated carbocycles. The first-order valence-electron chi connectivity index (χ1n) is 8.87. The predicted octanol–water partition coefficient (Wildman–Crippen LogP) is 5.18. The third-order valence-corrected chi connectivity index (χ3v) is 3.54. The zero-order valence-corrected chi connectivity index (χ0v) is 15.7. The highest BCUT2D eigenvalue weighted by Crippen LogP contribution is 2.15. The molecule has 0 atom stereocenters. The summed E-state index contributed by atoms with van der Waals surface area (Å²) in [4.78, 5) is 13.9. The van der Waals surface area contributed by atoms with Crippen LogP contribution >= 0.6 is 0 Å². The van der Waals surface area contributed by atoms with Crippen molar-refractivity contribution < 1.29 is 9.53 Å². The van der Waals surface area contributed by atoms with Gasteiger partial charge in [0.2, 0.25) is 0 Å². The van der Waals surface area contributed by atoms with Crippen molar-refractivity contribution in [2.24, 2.45) is 0 Å². The standard InChI is InChI=1S/C20H23NO2.C2H6/c1-3-23-20(22)14-17(2)21(15-18-10-6-4-7-11-18)16-19-12-8-5-9-13-19;1-2/h4-14H,3,15-16H2,1-2H3;1-2H3/b17-14-;. The number of rotatable bonds is 7. The summed E-state index contributed by atoms with van der Waals surface area (Å²) in [6.45, 7) is 9.64. The third kappa shape index (κ3) is 7.71. The van der Waals surface area contributed by atoms with Gasteiger partial charge in [-0.25, -0.2) is 4.79 Å². The van der Waals surface area contributed by atoms with Crippen LogP contribution in [0.1, 0.15) is 38.8 Å². The van der Waals surface area contributed by atoms with Gasteiger partial charge in [-0.1, -0.05) is 74.5 Å². The quantitative estimate of drug-likeness (QED) is 0.514. The third-order valence-electron chi connectivity index (χ3n) is 3.54. The number of hydrogen-bond acceptors (Lipinski definition) is 3. The number of ether oxygens (including phenoxy) is 1. The second-order valence-corrected chi connectivity index (χ2v) is 5.37. The van der Waals surface area contributed by atoms with Crippen molar-refractivity contribution in [2.75, 3.05) is 6.61 Å². The molecule has 0 aliphatic rings. The van der Waals surface area contributed by atoms with Crippen LogP contribution in [-0.4, -0.2) is 17.5 Å². The molecular formula is C22H29NO2. The molecule has 0 unspecified atom stereocenters. The number of hydrogen-bond donors (Lipinski definition) is 0. The van der Waals surface area contributed by atoms with E-state index in [1.807, 2.05) is 64.1 Å². The Labute approximate surface area is 151 Å². The van der Waals surface area contributed by atoms with E-state index in [0.717, 1.165) is 18.8 Å². The fraction of sp³-hybridized carbons (Fsp3) is 0.318. The van der Waals surface area contributed by atoms with Gasteiger partial charge in [0, 0.05) is 24.9 Å². The number of benzene rings is 2. The lowest BCUT2D eigenvalue weighted by Gasteiger charge is -2.25. The second-order valence-electron chi connectivity index (χ2n) is 5.37. The van der Waals surface area contributed by atoms with E-state index < -0.39 is 0 Å². The minimum Gasteiger partial charge on any atom is -0.463 e. The minimum atomic E-state index is -0.295. The summed E-state index contributed by atoms with van der Waals surface area (Å²) in [5.41, 5.74) is 3.32. The molecule has 0 fully saturated rings. The van der Waals surface area contributed by atoms with E-state index in [0.29, 0.717) is 6.61 Å². The molecule has 0 heterocycles. The van der Waals surface area contributed by atoms with E-state index in [9.17, 15) is 4.79 Å². The fourth-order valence-electron chi connectivity index (χ4n) is 2.36. The summed E-state index contributed by atoms with van der Waals surface area (Å²) in [6.07, 6.45) is 1.56. The molecule has 2 rings (SSSR count). The van der Waals surface area contributed by atoms with Crippen LogP contribution in [0.3, 0.4) is 0 Å². The smallest absolute Gasteiger partial charge is 0.332 e. The Morgan fingerprint density at radius 3 is 1.76 bits per heavy atom.